The van der Waals surface area contributed by atoms with Gasteiger partial charge in [0.05, 0.1) is 23.9 Å². The molecule has 0 unspecified atom stereocenters. The third-order valence-corrected chi connectivity index (χ3v) is 3.97. The van der Waals surface area contributed by atoms with Gasteiger partial charge < -0.3 is 15.4 Å². The highest BCUT2D eigenvalue weighted by molar-refractivity contribution is 5.67. The van der Waals surface area contributed by atoms with Crippen LogP contribution in [0.4, 0.5) is 36.3 Å². The van der Waals surface area contributed by atoms with Crippen LogP contribution < -0.4 is 15.4 Å². The minimum Gasteiger partial charge on any atom is -0.491 e. The highest BCUT2D eigenvalue weighted by Crippen LogP contribution is 2.37. The molecular weight excluding hydrogens is 395 g/mol. The van der Waals surface area contributed by atoms with E-state index >= 15 is 0 Å². The molecule has 1 heterocycles. The molecule has 0 amide bonds. The summed E-state index contributed by atoms with van der Waals surface area (Å²) in [6.45, 7) is 2.36. The normalized spacial score (nSPS) is 10.9. The number of para-hydroxylation sites is 2. The van der Waals surface area contributed by atoms with E-state index in [-0.39, 0.29) is 5.95 Å². The Balaban J connectivity index is 1.93. The van der Waals surface area contributed by atoms with Crippen LogP contribution in [-0.4, -0.2) is 16.6 Å². The SMILES string of the molecule is CCCOc1ccccc1Nc1nc(Nc2ccc(C#N)cc2)ncc1C(F)(F)F. The van der Waals surface area contributed by atoms with Crippen molar-refractivity contribution in [3.63, 3.8) is 0 Å². The lowest BCUT2D eigenvalue weighted by Crippen LogP contribution is -2.13. The highest BCUT2D eigenvalue weighted by atomic mass is 19.4. The summed E-state index contributed by atoms with van der Waals surface area (Å²) in [4.78, 5) is 7.80. The van der Waals surface area contributed by atoms with Crippen molar-refractivity contribution < 1.29 is 17.9 Å². The van der Waals surface area contributed by atoms with Crippen molar-refractivity contribution in [3.8, 4) is 11.8 Å². The number of nitrogens with zero attached hydrogens (tertiary/aromatic N) is 3. The van der Waals surface area contributed by atoms with Crippen molar-refractivity contribution in [2.45, 2.75) is 19.5 Å². The first-order chi connectivity index (χ1) is 14.4. The molecule has 3 aromatic rings. The maximum absolute atomic E-state index is 13.5. The second-order valence-corrected chi connectivity index (χ2v) is 6.24. The summed E-state index contributed by atoms with van der Waals surface area (Å²) < 4.78 is 46.1. The number of anilines is 4. The Morgan fingerprint density at radius 2 is 1.80 bits per heavy atom. The van der Waals surface area contributed by atoms with Gasteiger partial charge in [-0.05, 0) is 42.8 Å². The van der Waals surface area contributed by atoms with E-state index in [0.29, 0.717) is 29.3 Å². The lowest BCUT2D eigenvalue weighted by molar-refractivity contribution is -0.137. The van der Waals surface area contributed by atoms with E-state index in [9.17, 15) is 13.2 Å². The third kappa shape index (κ3) is 5.17. The average Bonchev–Trinajstić information content (AvgIpc) is 2.73. The molecular formula is C21H18F3N5O. The lowest BCUT2D eigenvalue weighted by Gasteiger charge is -2.17. The molecule has 3 rings (SSSR count). The fourth-order valence-electron chi connectivity index (χ4n) is 2.54. The molecule has 0 atom stereocenters. The van der Waals surface area contributed by atoms with Crippen LogP contribution in [0.25, 0.3) is 0 Å². The van der Waals surface area contributed by atoms with E-state index in [2.05, 4.69) is 20.6 Å². The van der Waals surface area contributed by atoms with Crippen LogP contribution >= 0.6 is 0 Å². The molecule has 0 bridgehead atoms. The first-order valence-electron chi connectivity index (χ1n) is 9.11. The number of hydrogen-bond acceptors (Lipinski definition) is 6. The molecule has 9 heteroatoms. The van der Waals surface area contributed by atoms with Gasteiger partial charge in [-0.15, -0.1) is 0 Å². The molecule has 30 heavy (non-hydrogen) atoms. The topological polar surface area (TPSA) is 82.9 Å². The summed E-state index contributed by atoms with van der Waals surface area (Å²) in [5.41, 5.74) is 0.351. The van der Waals surface area contributed by atoms with Gasteiger partial charge in [0, 0.05) is 11.9 Å². The third-order valence-electron chi connectivity index (χ3n) is 3.97. The fraction of sp³-hybridized carbons (Fsp3) is 0.190. The molecule has 0 radical (unpaired) electrons. The van der Waals surface area contributed by atoms with Gasteiger partial charge in [-0.3, -0.25) is 0 Å². The second kappa shape index (κ2) is 9.13. The van der Waals surface area contributed by atoms with Gasteiger partial charge in [-0.2, -0.15) is 23.4 Å². The second-order valence-electron chi connectivity index (χ2n) is 6.24. The predicted octanol–water partition coefficient (Wildman–Crippen LogP) is 5.64. The van der Waals surface area contributed by atoms with Crippen LogP contribution in [0.3, 0.4) is 0 Å². The minimum atomic E-state index is -4.64. The monoisotopic (exact) mass is 413 g/mol. The quantitative estimate of drug-likeness (QED) is 0.521. The standard InChI is InChI=1S/C21H18F3N5O/c1-2-11-30-18-6-4-3-5-17(18)28-19-16(21(22,23)24)13-26-20(29-19)27-15-9-7-14(12-25)8-10-15/h3-10,13H,2,11H2,1H3,(H2,26,27,28,29). The van der Waals surface area contributed by atoms with Gasteiger partial charge in [0.2, 0.25) is 5.95 Å². The predicted molar refractivity (Wildman–Crippen MR) is 107 cm³/mol. The zero-order valence-electron chi connectivity index (χ0n) is 16.0. The molecule has 0 spiro atoms. The molecule has 0 fully saturated rings. The Hall–Kier alpha value is -3.80. The number of alkyl halides is 3. The van der Waals surface area contributed by atoms with Crippen molar-refractivity contribution in [2.24, 2.45) is 0 Å². The van der Waals surface area contributed by atoms with E-state index in [4.69, 9.17) is 10.00 Å². The van der Waals surface area contributed by atoms with Crippen molar-refractivity contribution in [3.05, 3.63) is 65.9 Å². The van der Waals surface area contributed by atoms with Crippen LogP contribution in [0.1, 0.15) is 24.5 Å². The summed E-state index contributed by atoms with van der Waals surface area (Å²) in [5, 5.41) is 14.4. The minimum absolute atomic E-state index is 0.0258. The van der Waals surface area contributed by atoms with E-state index < -0.39 is 17.6 Å². The Morgan fingerprint density at radius 1 is 1.07 bits per heavy atom. The molecule has 0 aliphatic carbocycles. The molecule has 0 saturated carbocycles. The smallest absolute Gasteiger partial charge is 0.421 e. The van der Waals surface area contributed by atoms with E-state index in [0.717, 1.165) is 12.6 Å². The van der Waals surface area contributed by atoms with Crippen LogP contribution in [-0.2, 0) is 6.18 Å². The lowest BCUT2D eigenvalue weighted by atomic mass is 10.2. The van der Waals surface area contributed by atoms with Gasteiger partial charge in [0.15, 0.2) is 0 Å². The van der Waals surface area contributed by atoms with Crippen molar-refractivity contribution >= 4 is 23.1 Å². The van der Waals surface area contributed by atoms with E-state index in [1.807, 2.05) is 13.0 Å². The Morgan fingerprint density at radius 3 is 2.47 bits per heavy atom. The summed E-state index contributed by atoms with van der Waals surface area (Å²) >= 11 is 0. The molecule has 0 saturated heterocycles. The van der Waals surface area contributed by atoms with Crippen LogP contribution in [0.5, 0.6) is 5.75 Å². The van der Waals surface area contributed by atoms with E-state index in [1.54, 1.807) is 48.5 Å². The van der Waals surface area contributed by atoms with Crippen LogP contribution in [0, 0.1) is 11.3 Å². The molecule has 2 N–H and O–H groups in total. The van der Waals surface area contributed by atoms with Gasteiger partial charge in [-0.25, -0.2) is 4.98 Å². The van der Waals surface area contributed by atoms with Crippen LogP contribution in [0.15, 0.2) is 54.7 Å². The van der Waals surface area contributed by atoms with Gasteiger partial charge in [0.25, 0.3) is 0 Å². The van der Waals surface area contributed by atoms with Crippen LogP contribution in [0.2, 0.25) is 0 Å². The van der Waals surface area contributed by atoms with Crippen molar-refractivity contribution in [1.29, 1.82) is 5.26 Å². The maximum atomic E-state index is 13.5. The van der Waals surface area contributed by atoms with Gasteiger partial charge in [0.1, 0.15) is 17.1 Å². The largest absolute Gasteiger partial charge is 0.491 e. The van der Waals surface area contributed by atoms with E-state index in [1.165, 1.54) is 0 Å². The van der Waals surface area contributed by atoms with Crippen molar-refractivity contribution in [2.75, 3.05) is 17.2 Å². The number of benzene rings is 2. The number of nitriles is 1. The number of nitrogens with one attached hydrogen (secondary N) is 2. The fourth-order valence-corrected chi connectivity index (χ4v) is 2.54. The molecule has 1 aromatic heterocycles. The summed E-state index contributed by atoms with van der Waals surface area (Å²) in [7, 11) is 0. The van der Waals surface area contributed by atoms with Crippen molar-refractivity contribution in [1.82, 2.24) is 9.97 Å². The molecule has 0 aliphatic rings. The summed E-state index contributed by atoms with van der Waals surface area (Å²) in [6.07, 6.45) is -3.17. The Bertz CT molecular complexity index is 1050. The van der Waals surface area contributed by atoms with Gasteiger partial charge in [-0.1, -0.05) is 19.1 Å². The molecule has 0 aliphatic heterocycles. The Kier molecular flexibility index (Phi) is 6.37. The molecule has 154 valence electrons. The molecule has 2 aromatic carbocycles. The first kappa shape index (κ1) is 20.9. The summed E-state index contributed by atoms with van der Waals surface area (Å²) in [5.74, 6) is -0.00366. The summed E-state index contributed by atoms with van der Waals surface area (Å²) in [6, 6.07) is 15.1. The number of ether oxygens (including phenoxy) is 1. The zero-order valence-corrected chi connectivity index (χ0v) is 16.0. The highest BCUT2D eigenvalue weighted by Gasteiger charge is 2.35. The Labute approximate surface area is 171 Å². The number of rotatable bonds is 7. The number of aromatic nitrogens is 2. The average molecular weight is 413 g/mol. The first-order valence-corrected chi connectivity index (χ1v) is 9.11. The zero-order chi connectivity index (χ0) is 21.6. The number of hydrogen-bond donors (Lipinski definition) is 2. The molecule has 6 nitrogen and oxygen atoms in total. The van der Waals surface area contributed by atoms with Gasteiger partial charge >= 0.3 is 6.18 Å². The number of halogens is 3. The maximum Gasteiger partial charge on any atom is 0.421 e.